The second-order valence-corrected chi connectivity index (χ2v) is 9.15. The van der Waals surface area contributed by atoms with Gasteiger partial charge in [0.15, 0.2) is 0 Å². The summed E-state index contributed by atoms with van der Waals surface area (Å²) in [6.45, 7) is 0.868. The Balaban J connectivity index is 1.46. The summed E-state index contributed by atoms with van der Waals surface area (Å²) in [6.07, 6.45) is 5.37. The fourth-order valence-corrected chi connectivity index (χ4v) is 6.18. The summed E-state index contributed by atoms with van der Waals surface area (Å²) in [5.41, 5.74) is 2.22. The van der Waals surface area contributed by atoms with E-state index in [1.54, 1.807) is 4.90 Å². The van der Waals surface area contributed by atoms with E-state index < -0.39 is 6.10 Å². The molecule has 3 aliphatic carbocycles. The zero-order chi connectivity index (χ0) is 18.8. The number of fused-ring (bicyclic) bond motifs is 1. The molecule has 0 spiro atoms. The molecule has 0 radical (unpaired) electrons. The van der Waals surface area contributed by atoms with Gasteiger partial charge in [-0.2, -0.15) is 0 Å². The maximum absolute atomic E-state index is 13.4. The normalized spacial score (nSPS) is 37.3. The van der Waals surface area contributed by atoms with Gasteiger partial charge in [0.25, 0.3) is 0 Å². The van der Waals surface area contributed by atoms with Crippen LogP contribution in [0.15, 0.2) is 35.9 Å². The maximum Gasteiger partial charge on any atom is 0.223 e. The molecule has 2 saturated carbocycles. The number of benzene rings is 1. The largest absolute Gasteiger partial charge is 0.389 e. The molecule has 4 nitrogen and oxygen atoms in total. The molecule has 5 unspecified atom stereocenters. The molecule has 2 bridgehead atoms. The van der Waals surface area contributed by atoms with Gasteiger partial charge < -0.3 is 15.1 Å². The number of amides is 1. The third-order valence-electron chi connectivity index (χ3n) is 7.47. The molecular formula is C22H26FNO3. The Morgan fingerprint density at radius 3 is 2.63 bits per heavy atom. The number of aliphatic hydroxyl groups is 2. The van der Waals surface area contributed by atoms with Gasteiger partial charge in [-0.25, -0.2) is 4.39 Å². The summed E-state index contributed by atoms with van der Waals surface area (Å²) in [4.78, 5) is 14.7. The van der Waals surface area contributed by atoms with Crippen molar-refractivity contribution >= 4 is 5.91 Å². The van der Waals surface area contributed by atoms with E-state index in [4.69, 9.17) is 0 Å². The summed E-state index contributed by atoms with van der Waals surface area (Å²) in [5, 5.41) is 19.9. The van der Waals surface area contributed by atoms with Crippen molar-refractivity contribution in [3.8, 4) is 0 Å². The number of hydrogen-bond acceptors (Lipinski definition) is 3. The van der Waals surface area contributed by atoms with Gasteiger partial charge in [0.2, 0.25) is 5.91 Å². The number of allylic oxidation sites excluding steroid dienone is 1. The summed E-state index contributed by atoms with van der Waals surface area (Å²) in [5.74, 6) is 1.05. The van der Waals surface area contributed by atoms with Crippen LogP contribution in [0.25, 0.3) is 0 Å². The molecule has 1 aliphatic heterocycles. The van der Waals surface area contributed by atoms with Gasteiger partial charge in [0.05, 0.1) is 12.2 Å². The van der Waals surface area contributed by atoms with Crippen molar-refractivity contribution in [1.29, 1.82) is 0 Å². The molecule has 1 saturated heterocycles. The van der Waals surface area contributed by atoms with Gasteiger partial charge in [-0.1, -0.05) is 23.8 Å². The number of rotatable bonds is 4. The van der Waals surface area contributed by atoms with Crippen molar-refractivity contribution in [2.45, 2.75) is 44.3 Å². The SMILES string of the molecule is O=C(CC1(Cc2ccc(F)cc2)CC2=CC(O)C3CC2C1C3)N1CC(O)C1. The van der Waals surface area contributed by atoms with E-state index in [0.717, 1.165) is 31.2 Å². The Kier molecular flexibility index (Phi) is 3.96. The quantitative estimate of drug-likeness (QED) is 0.799. The minimum atomic E-state index is -0.390. The van der Waals surface area contributed by atoms with Crippen molar-refractivity contribution < 1.29 is 19.4 Å². The highest BCUT2D eigenvalue weighted by Crippen LogP contribution is 2.64. The zero-order valence-electron chi connectivity index (χ0n) is 15.4. The average molecular weight is 371 g/mol. The van der Waals surface area contributed by atoms with E-state index in [1.807, 2.05) is 18.2 Å². The van der Waals surface area contributed by atoms with E-state index >= 15 is 0 Å². The Bertz CT molecular complexity index is 785. The number of carbonyl (C=O) groups excluding carboxylic acids is 1. The van der Waals surface area contributed by atoms with E-state index in [2.05, 4.69) is 0 Å². The van der Waals surface area contributed by atoms with Gasteiger partial charge in [-0.15, -0.1) is 0 Å². The summed E-state index contributed by atoms with van der Waals surface area (Å²) < 4.78 is 13.4. The van der Waals surface area contributed by atoms with Crippen LogP contribution >= 0.6 is 0 Å². The lowest BCUT2D eigenvalue weighted by atomic mass is 9.68. The molecule has 5 rings (SSSR count). The maximum atomic E-state index is 13.4. The summed E-state index contributed by atoms with van der Waals surface area (Å²) in [6, 6.07) is 6.65. The molecule has 1 heterocycles. The number of β-amino-alcohol motifs (C(OH)–C–C–N with tert-alkyl or cyclic N) is 1. The molecule has 5 atom stereocenters. The van der Waals surface area contributed by atoms with Crippen molar-refractivity contribution in [1.82, 2.24) is 4.90 Å². The minimum Gasteiger partial charge on any atom is -0.389 e. The van der Waals surface area contributed by atoms with Gasteiger partial charge in [0, 0.05) is 19.5 Å². The first-order valence-corrected chi connectivity index (χ1v) is 10.0. The number of halogens is 1. The van der Waals surface area contributed by atoms with Crippen molar-refractivity contribution in [2.75, 3.05) is 13.1 Å². The van der Waals surface area contributed by atoms with E-state index in [1.165, 1.54) is 17.7 Å². The standard InChI is InChI=1S/C22H26FNO3/c23-16-3-1-13(2-4-16)8-22(10-21(27)24-11-17(25)12-24)9-15-7-20(26)14-5-18(15)19(22)6-14/h1-4,7,14,17-20,25-26H,5-6,8-12H2. The fourth-order valence-electron chi connectivity index (χ4n) is 6.18. The molecule has 0 aromatic heterocycles. The first-order chi connectivity index (χ1) is 12.9. The third kappa shape index (κ3) is 2.83. The van der Waals surface area contributed by atoms with Crippen LogP contribution in [-0.2, 0) is 11.2 Å². The molecule has 1 amide bonds. The molecule has 1 aromatic carbocycles. The smallest absolute Gasteiger partial charge is 0.223 e. The van der Waals surface area contributed by atoms with Crippen LogP contribution in [0.3, 0.4) is 0 Å². The first-order valence-electron chi connectivity index (χ1n) is 10.0. The summed E-state index contributed by atoms with van der Waals surface area (Å²) >= 11 is 0. The first kappa shape index (κ1) is 17.4. The minimum absolute atomic E-state index is 0.118. The van der Waals surface area contributed by atoms with Crippen LogP contribution in [0, 0.1) is 29.0 Å². The van der Waals surface area contributed by atoms with Gasteiger partial charge in [-0.3, -0.25) is 4.79 Å². The fraction of sp³-hybridized carbons (Fsp3) is 0.591. The molecule has 1 aromatic rings. The van der Waals surface area contributed by atoms with Crippen LogP contribution in [0.2, 0.25) is 0 Å². The lowest BCUT2D eigenvalue weighted by Gasteiger charge is -2.41. The number of carbonyl (C=O) groups is 1. The second kappa shape index (κ2) is 6.14. The number of hydrogen-bond donors (Lipinski definition) is 2. The highest BCUT2D eigenvalue weighted by Gasteiger charge is 2.58. The van der Waals surface area contributed by atoms with Crippen LogP contribution in [0.1, 0.15) is 31.2 Å². The lowest BCUT2D eigenvalue weighted by Crippen LogP contribution is -2.54. The lowest BCUT2D eigenvalue weighted by molar-refractivity contribution is -0.144. The molecule has 2 N–H and O–H groups in total. The average Bonchev–Trinajstić information content (AvgIpc) is 3.12. The van der Waals surface area contributed by atoms with Gasteiger partial charge in [0.1, 0.15) is 5.82 Å². The van der Waals surface area contributed by atoms with Crippen molar-refractivity contribution in [3.63, 3.8) is 0 Å². The highest BCUT2D eigenvalue weighted by molar-refractivity contribution is 5.78. The zero-order valence-corrected chi connectivity index (χ0v) is 15.4. The Hall–Kier alpha value is -1.72. The topological polar surface area (TPSA) is 60.8 Å². The van der Waals surface area contributed by atoms with Crippen LogP contribution < -0.4 is 0 Å². The van der Waals surface area contributed by atoms with Crippen LogP contribution in [0.4, 0.5) is 4.39 Å². The predicted octanol–water partition coefficient (Wildman–Crippen LogP) is 2.29. The molecule has 4 aliphatic rings. The molecule has 144 valence electrons. The number of likely N-dealkylation sites (tertiary alicyclic amines) is 1. The molecule has 3 fully saturated rings. The molecule has 27 heavy (non-hydrogen) atoms. The van der Waals surface area contributed by atoms with E-state index in [9.17, 15) is 19.4 Å². The molecular weight excluding hydrogens is 345 g/mol. The number of nitrogens with zero attached hydrogens (tertiary/aromatic N) is 1. The van der Waals surface area contributed by atoms with Gasteiger partial charge in [-0.05, 0) is 66.5 Å². The Morgan fingerprint density at radius 2 is 1.93 bits per heavy atom. The Morgan fingerprint density at radius 1 is 1.19 bits per heavy atom. The van der Waals surface area contributed by atoms with E-state index in [-0.39, 0.29) is 23.2 Å². The summed E-state index contributed by atoms with van der Waals surface area (Å²) in [7, 11) is 0. The monoisotopic (exact) mass is 371 g/mol. The van der Waals surface area contributed by atoms with Gasteiger partial charge >= 0.3 is 0 Å². The van der Waals surface area contributed by atoms with Crippen molar-refractivity contribution in [2.24, 2.45) is 23.2 Å². The number of aliphatic hydroxyl groups excluding tert-OH is 2. The molecule has 5 heteroatoms. The highest BCUT2D eigenvalue weighted by atomic mass is 19.1. The second-order valence-electron chi connectivity index (χ2n) is 9.15. The van der Waals surface area contributed by atoms with Crippen LogP contribution in [0.5, 0.6) is 0 Å². The predicted molar refractivity (Wildman–Crippen MR) is 98.2 cm³/mol. The van der Waals surface area contributed by atoms with E-state index in [0.29, 0.717) is 37.3 Å². The van der Waals surface area contributed by atoms with Crippen molar-refractivity contribution in [3.05, 3.63) is 47.3 Å². The third-order valence-corrected chi connectivity index (χ3v) is 7.47. The van der Waals surface area contributed by atoms with Crippen LogP contribution in [-0.4, -0.2) is 46.3 Å². The Labute approximate surface area is 158 Å².